The second-order valence-electron chi connectivity index (χ2n) is 5.49. The highest BCUT2D eigenvalue weighted by molar-refractivity contribution is 5.78. The maximum atomic E-state index is 11.8. The summed E-state index contributed by atoms with van der Waals surface area (Å²) in [5.74, 6) is 0.236. The summed E-state index contributed by atoms with van der Waals surface area (Å²) in [5, 5.41) is 3.00. The zero-order valence-electron chi connectivity index (χ0n) is 12.0. The Morgan fingerprint density at radius 3 is 2.90 bits per heavy atom. The smallest absolute Gasteiger partial charge is 0.224 e. The van der Waals surface area contributed by atoms with Crippen LogP contribution in [-0.2, 0) is 9.53 Å². The van der Waals surface area contributed by atoms with Crippen LogP contribution in [0.3, 0.4) is 0 Å². The van der Waals surface area contributed by atoms with E-state index in [0.29, 0.717) is 19.0 Å². The van der Waals surface area contributed by atoms with E-state index in [2.05, 4.69) is 17.4 Å². The first-order valence-corrected chi connectivity index (χ1v) is 7.36. The van der Waals surface area contributed by atoms with Crippen LogP contribution in [0.1, 0.15) is 31.4 Å². The average molecular weight is 276 g/mol. The number of benzene rings is 1. The summed E-state index contributed by atoms with van der Waals surface area (Å²) in [7, 11) is 0. The first-order chi connectivity index (χ1) is 9.72. The molecule has 3 N–H and O–H groups in total. The zero-order valence-corrected chi connectivity index (χ0v) is 12.0. The zero-order chi connectivity index (χ0) is 14.4. The molecule has 1 fully saturated rings. The van der Waals surface area contributed by atoms with Crippen LogP contribution >= 0.6 is 0 Å². The summed E-state index contributed by atoms with van der Waals surface area (Å²) in [6.07, 6.45) is 2.21. The van der Waals surface area contributed by atoms with Crippen molar-refractivity contribution in [3.63, 3.8) is 0 Å². The van der Waals surface area contributed by atoms with Crippen LogP contribution in [0, 0.1) is 11.8 Å². The van der Waals surface area contributed by atoms with Gasteiger partial charge in [0, 0.05) is 31.5 Å². The van der Waals surface area contributed by atoms with Gasteiger partial charge >= 0.3 is 0 Å². The summed E-state index contributed by atoms with van der Waals surface area (Å²) in [6, 6.07) is 10.2. The second kappa shape index (κ2) is 7.41. The van der Waals surface area contributed by atoms with E-state index in [1.165, 1.54) is 5.56 Å². The Kier molecular flexibility index (Phi) is 5.56. The van der Waals surface area contributed by atoms with Crippen molar-refractivity contribution >= 4 is 5.91 Å². The molecule has 1 aliphatic heterocycles. The molecule has 1 aliphatic rings. The van der Waals surface area contributed by atoms with Crippen LogP contribution in [0.25, 0.3) is 0 Å². The van der Waals surface area contributed by atoms with E-state index in [1.54, 1.807) is 0 Å². The lowest BCUT2D eigenvalue weighted by Crippen LogP contribution is -2.39. The van der Waals surface area contributed by atoms with Crippen LogP contribution in [0.2, 0.25) is 0 Å². The minimum absolute atomic E-state index is 0.0323. The van der Waals surface area contributed by atoms with Crippen LogP contribution < -0.4 is 11.1 Å². The third kappa shape index (κ3) is 3.81. The molecule has 1 aromatic carbocycles. The minimum atomic E-state index is -0.130. The maximum absolute atomic E-state index is 11.8. The van der Waals surface area contributed by atoms with Crippen molar-refractivity contribution in [3.05, 3.63) is 35.9 Å². The molecule has 1 amide bonds. The van der Waals surface area contributed by atoms with Crippen LogP contribution in [0.15, 0.2) is 30.3 Å². The van der Waals surface area contributed by atoms with Crippen molar-refractivity contribution in [2.24, 2.45) is 17.6 Å². The molecule has 3 atom stereocenters. The molecule has 0 radical (unpaired) electrons. The predicted molar refractivity (Wildman–Crippen MR) is 79.1 cm³/mol. The molecule has 0 saturated carbocycles. The van der Waals surface area contributed by atoms with Gasteiger partial charge in [0.1, 0.15) is 0 Å². The highest BCUT2D eigenvalue weighted by atomic mass is 16.5. The summed E-state index contributed by atoms with van der Waals surface area (Å²) in [5.41, 5.74) is 6.71. The van der Waals surface area contributed by atoms with Gasteiger partial charge in [-0.15, -0.1) is 0 Å². The lowest BCUT2D eigenvalue weighted by Gasteiger charge is -2.32. The van der Waals surface area contributed by atoms with E-state index in [9.17, 15) is 4.79 Å². The van der Waals surface area contributed by atoms with Crippen LogP contribution in [0.5, 0.6) is 0 Å². The molecule has 2 rings (SSSR count). The van der Waals surface area contributed by atoms with Crippen LogP contribution in [-0.4, -0.2) is 25.6 Å². The first kappa shape index (κ1) is 15.0. The molecular formula is C16H24N2O2. The highest BCUT2D eigenvalue weighted by Crippen LogP contribution is 2.33. The van der Waals surface area contributed by atoms with Gasteiger partial charge in [0.2, 0.25) is 5.91 Å². The number of carbonyl (C=O) groups excluding carboxylic acids is 1. The van der Waals surface area contributed by atoms with Gasteiger partial charge in [-0.25, -0.2) is 0 Å². The second-order valence-corrected chi connectivity index (χ2v) is 5.49. The van der Waals surface area contributed by atoms with Gasteiger partial charge in [-0.05, 0) is 18.4 Å². The highest BCUT2D eigenvalue weighted by Gasteiger charge is 2.27. The van der Waals surface area contributed by atoms with Gasteiger partial charge < -0.3 is 15.8 Å². The Morgan fingerprint density at radius 1 is 1.45 bits per heavy atom. The number of amides is 1. The van der Waals surface area contributed by atoms with Crippen molar-refractivity contribution in [2.45, 2.75) is 25.9 Å². The summed E-state index contributed by atoms with van der Waals surface area (Å²) < 4.78 is 5.92. The molecule has 0 aromatic heterocycles. The molecule has 1 saturated heterocycles. The van der Waals surface area contributed by atoms with E-state index in [0.717, 1.165) is 19.4 Å². The molecule has 20 heavy (non-hydrogen) atoms. The number of hydrogen-bond acceptors (Lipinski definition) is 3. The van der Waals surface area contributed by atoms with Crippen molar-refractivity contribution < 1.29 is 9.53 Å². The SMILES string of the molecule is CC(CN)C(=O)NCC1CCCOC1c1ccccc1. The fraction of sp³-hybridized carbons (Fsp3) is 0.562. The molecule has 0 spiro atoms. The Morgan fingerprint density at radius 2 is 2.20 bits per heavy atom. The van der Waals surface area contributed by atoms with Crippen molar-refractivity contribution in [2.75, 3.05) is 19.7 Å². The molecule has 0 bridgehead atoms. The molecule has 1 heterocycles. The topological polar surface area (TPSA) is 64.4 Å². The number of carbonyl (C=O) groups is 1. The van der Waals surface area contributed by atoms with E-state index in [-0.39, 0.29) is 17.9 Å². The van der Waals surface area contributed by atoms with Crippen molar-refractivity contribution in [1.29, 1.82) is 0 Å². The number of nitrogens with two attached hydrogens (primary N) is 1. The molecular weight excluding hydrogens is 252 g/mol. The molecule has 4 nitrogen and oxygen atoms in total. The van der Waals surface area contributed by atoms with E-state index >= 15 is 0 Å². The Hall–Kier alpha value is -1.39. The fourth-order valence-corrected chi connectivity index (χ4v) is 2.58. The fourth-order valence-electron chi connectivity index (χ4n) is 2.58. The minimum Gasteiger partial charge on any atom is -0.373 e. The molecule has 110 valence electrons. The largest absolute Gasteiger partial charge is 0.373 e. The van der Waals surface area contributed by atoms with E-state index in [1.807, 2.05) is 25.1 Å². The van der Waals surface area contributed by atoms with E-state index < -0.39 is 0 Å². The first-order valence-electron chi connectivity index (χ1n) is 7.36. The maximum Gasteiger partial charge on any atom is 0.224 e. The molecule has 4 heteroatoms. The van der Waals surface area contributed by atoms with E-state index in [4.69, 9.17) is 10.5 Å². The Labute approximate surface area is 120 Å². The van der Waals surface area contributed by atoms with Gasteiger partial charge in [-0.2, -0.15) is 0 Å². The van der Waals surface area contributed by atoms with Crippen molar-refractivity contribution in [3.8, 4) is 0 Å². The number of nitrogens with one attached hydrogen (secondary N) is 1. The third-order valence-electron chi connectivity index (χ3n) is 3.91. The Bertz CT molecular complexity index is 422. The normalized spacial score (nSPS) is 24.1. The molecule has 0 aliphatic carbocycles. The monoisotopic (exact) mass is 276 g/mol. The molecule has 1 aromatic rings. The number of rotatable bonds is 5. The third-order valence-corrected chi connectivity index (χ3v) is 3.91. The van der Waals surface area contributed by atoms with Crippen LogP contribution in [0.4, 0.5) is 0 Å². The van der Waals surface area contributed by atoms with Gasteiger partial charge in [0.25, 0.3) is 0 Å². The summed E-state index contributed by atoms with van der Waals surface area (Å²) >= 11 is 0. The standard InChI is InChI=1S/C16H24N2O2/c1-12(10-17)16(19)18-11-14-8-5-9-20-15(14)13-6-3-2-4-7-13/h2-4,6-7,12,14-15H,5,8-11,17H2,1H3,(H,18,19). The quantitative estimate of drug-likeness (QED) is 0.863. The number of ether oxygens (including phenoxy) is 1. The number of hydrogen-bond donors (Lipinski definition) is 2. The van der Waals surface area contributed by atoms with Gasteiger partial charge in [0.05, 0.1) is 6.10 Å². The lowest BCUT2D eigenvalue weighted by atomic mass is 9.89. The summed E-state index contributed by atoms with van der Waals surface area (Å²) in [6.45, 7) is 3.68. The molecule has 3 unspecified atom stereocenters. The van der Waals surface area contributed by atoms with Gasteiger partial charge in [-0.1, -0.05) is 37.3 Å². The predicted octanol–water partition coefficient (Wildman–Crippen LogP) is 1.87. The van der Waals surface area contributed by atoms with Gasteiger partial charge in [0.15, 0.2) is 0 Å². The summed E-state index contributed by atoms with van der Waals surface area (Å²) in [4.78, 5) is 11.8. The van der Waals surface area contributed by atoms with Crippen molar-refractivity contribution in [1.82, 2.24) is 5.32 Å². The van der Waals surface area contributed by atoms with Gasteiger partial charge in [-0.3, -0.25) is 4.79 Å². The lowest BCUT2D eigenvalue weighted by molar-refractivity contribution is -0.125. The Balaban J connectivity index is 1.96. The average Bonchev–Trinajstić information content (AvgIpc) is 2.53.